The molecule has 3 heteroatoms. The predicted molar refractivity (Wildman–Crippen MR) is 60.7 cm³/mol. The molecule has 2 atom stereocenters. The van der Waals surface area contributed by atoms with Crippen LogP contribution in [0.4, 0.5) is 0 Å². The third-order valence-corrected chi connectivity index (χ3v) is 2.76. The topological polar surface area (TPSA) is 45.4 Å². The number of hydrogen-bond donors (Lipinski definition) is 2. The molecule has 0 radical (unpaired) electrons. The average Bonchev–Trinajstić information content (AvgIpc) is 2.71. The quantitative estimate of drug-likeness (QED) is 0.760. The van der Waals surface area contributed by atoms with Gasteiger partial charge in [0.15, 0.2) is 0 Å². The Labute approximate surface area is 91.5 Å². The van der Waals surface area contributed by atoms with Gasteiger partial charge in [-0.25, -0.2) is 0 Å². The van der Waals surface area contributed by atoms with E-state index in [1.807, 2.05) is 13.0 Å². The molecular weight excluding hydrogens is 190 g/mol. The van der Waals surface area contributed by atoms with E-state index >= 15 is 0 Å². The van der Waals surface area contributed by atoms with Crippen molar-refractivity contribution < 1.29 is 9.52 Å². The minimum absolute atomic E-state index is 0.156. The minimum atomic E-state index is -0.203. The lowest BCUT2D eigenvalue weighted by atomic mass is 9.95. The second-order valence-corrected chi connectivity index (χ2v) is 4.39. The number of furan rings is 1. The van der Waals surface area contributed by atoms with Crippen LogP contribution in [0.1, 0.15) is 45.2 Å². The maximum absolute atomic E-state index is 9.38. The molecule has 1 rings (SSSR count). The molecule has 0 aliphatic carbocycles. The molecular formula is C12H21NO2. The van der Waals surface area contributed by atoms with Crippen molar-refractivity contribution in [1.29, 1.82) is 0 Å². The molecule has 1 aromatic heterocycles. The van der Waals surface area contributed by atoms with Crippen LogP contribution in [0, 0.1) is 0 Å². The summed E-state index contributed by atoms with van der Waals surface area (Å²) in [4.78, 5) is 0. The maximum atomic E-state index is 9.38. The molecule has 0 aromatic carbocycles. The molecule has 0 aliphatic heterocycles. The van der Waals surface area contributed by atoms with E-state index in [4.69, 9.17) is 4.42 Å². The first-order valence-electron chi connectivity index (χ1n) is 5.52. The summed E-state index contributed by atoms with van der Waals surface area (Å²) in [7, 11) is 0. The molecule has 0 spiro atoms. The standard InChI is InChI=1S/C12H21NO2/c1-4-6-12(3,9-14)13-10(2)11-5-7-15-8-11/h5,7-8,10,13-14H,4,6,9H2,1-3H3. The van der Waals surface area contributed by atoms with E-state index in [0.29, 0.717) is 0 Å². The van der Waals surface area contributed by atoms with Gasteiger partial charge in [-0.1, -0.05) is 13.3 Å². The fraction of sp³-hybridized carbons (Fsp3) is 0.667. The predicted octanol–water partition coefficient (Wildman–Crippen LogP) is 2.48. The summed E-state index contributed by atoms with van der Waals surface area (Å²) >= 11 is 0. The molecule has 0 saturated carbocycles. The second-order valence-electron chi connectivity index (χ2n) is 4.39. The molecule has 15 heavy (non-hydrogen) atoms. The monoisotopic (exact) mass is 211 g/mol. The van der Waals surface area contributed by atoms with Gasteiger partial charge in [-0.15, -0.1) is 0 Å². The van der Waals surface area contributed by atoms with E-state index in [1.165, 1.54) is 0 Å². The molecule has 0 fully saturated rings. The largest absolute Gasteiger partial charge is 0.472 e. The molecule has 0 aliphatic rings. The van der Waals surface area contributed by atoms with Gasteiger partial charge in [-0.2, -0.15) is 0 Å². The summed E-state index contributed by atoms with van der Waals surface area (Å²) in [6, 6.07) is 2.15. The van der Waals surface area contributed by atoms with Crippen molar-refractivity contribution in [3.8, 4) is 0 Å². The molecule has 3 nitrogen and oxygen atoms in total. The van der Waals surface area contributed by atoms with Crippen molar-refractivity contribution in [3.05, 3.63) is 24.2 Å². The van der Waals surface area contributed by atoms with Crippen LogP contribution in [0.25, 0.3) is 0 Å². The Hall–Kier alpha value is -0.800. The van der Waals surface area contributed by atoms with E-state index < -0.39 is 0 Å². The van der Waals surface area contributed by atoms with Gasteiger partial charge in [0.25, 0.3) is 0 Å². The van der Waals surface area contributed by atoms with E-state index in [2.05, 4.69) is 19.2 Å². The molecule has 86 valence electrons. The normalized spacial score (nSPS) is 17.3. The van der Waals surface area contributed by atoms with Gasteiger partial charge in [0.05, 0.1) is 19.1 Å². The van der Waals surface area contributed by atoms with E-state index in [1.54, 1.807) is 12.5 Å². The zero-order valence-corrected chi connectivity index (χ0v) is 9.79. The zero-order chi connectivity index (χ0) is 11.3. The van der Waals surface area contributed by atoms with Crippen LogP contribution in [0.2, 0.25) is 0 Å². The van der Waals surface area contributed by atoms with Gasteiger partial charge in [0.2, 0.25) is 0 Å². The molecule has 2 unspecified atom stereocenters. The highest BCUT2D eigenvalue weighted by Gasteiger charge is 2.24. The van der Waals surface area contributed by atoms with Crippen LogP contribution >= 0.6 is 0 Å². The van der Waals surface area contributed by atoms with Crippen LogP contribution in [0.15, 0.2) is 23.0 Å². The number of aliphatic hydroxyl groups excluding tert-OH is 1. The van der Waals surface area contributed by atoms with Gasteiger partial charge < -0.3 is 14.8 Å². The van der Waals surface area contributed by atoms with Crippen molar-refractivity contribution in [2.75, 3.05) is 6.61 Å². The van der Waals surface area contributed by atoms with Crippen molar-refractivity contribution in [2.24, 2.45) is 0 Å². The number of rotatable bonds is 6. The SMILES string of the molecule is CCCC(C)(CO)NC(C)c1ccoc1. The molecule has 1 aromatic rings. The maximum Gasteiger partial charge on any atom is 0.0950 e. The third kappa shape index (κ3) is 3.36. The van der Waals surface area contributed by atoms with Crippen LogP contribution in [0.3, 0.4) is 0 Å². The first-order chi connectivity index (χ1) is 7.11. The third-order valence-electron chi connectivity index (χ3n) is 2.76. The minimum Gasteiger partial charge on any atom is -0.472 e. The van der Waals surface area contributed by atoms with E-state index in [9.17, 15) is 5.11 Å². The lowest BCUT2D eigenvalue weighted by molar-refractivity contribution is 0.153. The molecule has 0 bridgehead atoms. The number of hydrogen-bond acceptors (Lipinski definition) is 3. The molecule has 1 heterocycles. The van der Waals surface area contributed by atoms with Gasteiger partial charge in [-0.05, 0) is 26.3 Å². The Morgan fingerprint density at radius 1 is 1.60 bits per heavy atom. The van der Waals surface area contributed by atoms with Crippen LogP contribution < -0.4 is 5.32 Å². The number of aliphatic hydroxyl groups is 1. The lowest BCUT2D eigenvalue weighted by Crippen LogP contribution is -2.46. The fourth-order valence-electron chi connectivity index (χ4n) is 1.88. The summed E-state index contributed by atoms with van der Waals surface area (Å²) < 4.78 is 5.04. The van der Waals surface area contributed by atoms with Gasteiger partial charge in [0, 0.05) is 17.1 Å². The van der Waals surface area contributed by atoms with E-state index in [0.717, 1.165) is 18.4 Å². The molecule has 0 amide bonds. The highest BCUT2D eigenvalue weighted by Crippen LogP contribution is 2.19. The second kappa shape index (κ2) is 5.33. The smallest absolute Gasteiger partial charge is 0.0950 e. The van der Waals surface area contributed by atoms with Crippen LogP contribution in [-0.2, 0) is 0 Å². The van der Waals surface area contributed by atoms with Gasteiger partial charge >= 0.3 is 0 Å². The van der Waals surface area contributed by atoms with Crippen LogP contribution in [-0.4, -0.2) is 17.3 Å². The Balaban J connectivity index is 2.59. The Kier molecular flexibility index (Phi) is 4.36. The number of nitrogens with one attached hydrogen (secondary N) is 1. The van der Waals surface area contributed by atoms with Crippen LogP contribution in [0.5, 0.6) is 0 Å². The summed E-state index contributed by atoms with van der Waals surface area (Å²) in [6.07, 6.45) is 5.43. The fourth-order valence-corrected chi connectivity index (χ4v) is 1.88. The Morgan fingerprint density at radius 3 is 2.80 bits per heavy atom. The average molecular weight is 211 g/mol. The van der Waals surface area contributed by atoms with Gasteiger partial charge in [0.1, 0.15) is 0 Å². The van der Waals surface area contributed by atoms with Crippen molar-refractivity contribution in [1.82, 2.24) is 5.32 Å². The highest BCUT2D eigenvalue weighted by molar-refractivity contribution is 5.11. The first kappa shape index (κ1) is 12.3. The molecule has 0 saturated heterocycles. The summed E-state index contributed by atoms with van der Waals surface area (Å²) in [5.74, 6) is 0. The molecule has 2 N–H and O–H groups in total. The summed E-state index contributed by atoms with van der Waals surface area (Å²) in [5.41, 5.74) is 0.914. The van der Waals surface area contributed by atoms with Crippen molar-refractivity contribution in [2.45, 2.75) is 45.2 Å². The summed E-state index contributed by atoms with van der Waals surface area (Å²) in [5, 5.41) is 12.8. The van der Waals surface area contributed by atoms with Crippen molar-refractivity contribution >= 4 is 0 Å². The summed E-state index contributed by atoms with van der Waals surface area (Å²) in [6.45, 7) is 6.41. The lowest BCUT2D eigenvalue weighted by Gasteiger charge is -2.31. The van der Waals surface area contributed by atoms with E-state index in [-0.39, 0.29) is 18.2 Å². The Bertz CT molecular complexity index is 271. The zero-order valence-electron chi connectivity index (χ0n) is 9.79. The van der Waals surface area contributed by atoms with Gasteiger partial charge in [-0.3, -0.25) is 0 Å². The first-order valence-corrected chi connectivity index (χ1v) is 5.52. The highest BCUT2D eigenvalue weighted by atomic mass is 16.3. The van der Waals surface area contributed by atoms with Crippen molar-refractivity contribution in [3.63, 3.8) is 0 Å². The Morgan fingerprint density at radius 2 is 2.33 bits per heavy atom.